The van der Waals surface area contributed by atoms with E-state index in [1.807, 2.05) is 48.5 Å². The monoisotopic (exact) mass is 579 g/mol. The number of amides is 1. The van der Waals surface area contributed by atoms with Crippen LogP contribution in [0.3, 0.4) is 0 Å². The van der Waals surface area contributed by atoms with Gasteiger partial charge in [0.15, 0.2) is 6.29 Å². The summed E-state index contributed by atoms with van der Waals surface area (Å²) in [4.78, 5) is 28.0. The molecule has 0 bridgehead atoms. The third kappa shape index (κ3) is 8.61. The van der Waals surface area contributed by atoms with Crippen LogP contribution in [0, 0.1) is 0 Å². The fraction of sp³-hybridized carbons (Fsp3) is 0.576. The summed E-state index contributed by atoms with van der Waals surface area (Å²) in [6.45, 7) is 5.98. The van der Waals surface area contributed by atoms with Gasteiger partial charge in [0.05, 0.1) is 18.8 Å². The molecule has 0 aliphatic carbocycles. The van der Waals surface area contributed by atoms with Crippen molar-refractivity contribution in [2.75, 3.05) is 32.7 Å². The number of nitrogens with zero attached hydrogens (tertiary/aromatic N) is 2. The van der Waals surface area contributed by atoms with Crippen LogP contribution in [0.15, 0.2) is 48.5 Å². The Kier molecular flexibility index (Phi) is 11.0. The quantitative estimate of drug-likeness (QED) is 0.325. The van der Waals surface area contributed by atoms with Gasteiger partial charge in [-0.15, -0.1) is 0 Å². The van der Waals surface area contributed by atoms with Gasteiger partial charge in [0.1, 0.15) is 0 Å². The van der Waals surface area contributed by atoms with Gasteiger partial charge in [-0.2, -0.15) is 0 Å². The number of rotatable bonds is 13. The average Bonchev–Trinajstić information content (AvgIpc) is 3.68. The van der Waals surface area contributed by atoms with E-state index in [-0.39, 0.29) is 37.6 Å². The molecule has 2 aromatic rings. The maximum atomic E-state index is 12.1. The molecule has 3 heterocycles. The van der Waals surface area contributed by atoms with Crippen molar-refractivity contribution in [2.24, 2.45) is 0 Å². The lowest BCUT2D eigenvalue weighted by Gasteiger charge is -2.39. The van der Waals surface area contributed by atoms with Gasteiger partial charge in [0.25, 0.3) is 0 Å². The summed E-state index contributed by atoms with van der Waals surface area (Å²) in [5, 5.41) is 21.1. The summed E-state index contributed by atoms with van der Waals surface area (Å²) >= 11 is 0. The van der Waals surface area contributed by atoms with Crippen LogP contribution in [-0.2, 0) is 32.2 Å². The summed E-state index contributed by atoms with van der Waals surface area (Å²) in [6.07, 6.45) is 5.79. The number of aliphatic carboxylic acids is 1. The standard InChI is InChI=1S/C33H45N3O6/c37-23-25-10-12-26(13-11-25)30-19-29(22-36-18-4-5-28(36)21-35-16-1-2-17-35)41-33(42-30)27-14-8-24(9-15-27)20-34-31(38)6-3-7-32(39)40/h8-15,28-30,33,37H,1-7,16-23H2,(H,34,38)(H,39,40). The molecule has 9 nitrogen and oxygen atoms in total. The van der Waals surface area contributed by atoms with Crippen LogP contribution in [0.4, 0.5) is 0 Å². The first kappa shape index (κ1) is 30.6. The zero-order valence-electron chi connectivity index (χ0n) is 24.5. The molecule has 3 aliphatic heterocycles. The first-order valence-corrected chi connectivity index (χ1v) is 15.5. The number of hydrogen-bond donors (Lipinski definition) is 3. The highest BCUT2D eigenvalue weighted by molar-refractivity contribution is 5.76. The minimum Gasteiger partial charge on any atom is -0.481 e. The summed E-state index contributed by atoms with van der Waals surface area (Å²) in [5.41, 5.74) is 3.85. The number of likely N-dealkylation sites (tertiary alicyclic amines) is 2. The number of nitrogens with one attached hydrogen (secondary N) is 1. The number of aliphatic hydroxyl groups is 1. The number of carboxylic acids is 1. The lowest BCUT2D eigenvalue weighted by Crippen LogP contribution is -2.45. The molecule has 2 aromatic carbocycles. The van der Waals surface area contributed by atoms with Crippen molar-refractivity contribution in [2.45, 2.75) is 89.1 Å². The molecule has 1 amide bonds. The maximum absolute atomic E-state index is 12.1. The third-order valence-electron chi connectivity index (χ3n) is 8.76. The molecule has 3 aliphatic rings. The first-order valence-electron chi connectivity index (χ1n) is 15.5. The Labute approximate surface area is 248 Å². The van der Waals surface area contributed by atoms with E-state index in [2.05, 4.69) is 15.1 Å². The van der Waals surface area contributed by atoms with Crippen LogP contribution in [0.5, 0.6) is 0 Å². The summed E-state index contributed by atoms with van der Waals surface area (Å²) < 4.78 is 13.1. The predicted octanol–water partition coefficient (Wildman–Crippen LogP) is 4.16. The van der Waals surface area contributed by atoms with Crippen LogP contribution in [0.1, 0.15) is 86.0 Å². The number of ether oxygens (including phenoxy) is 2. The van der Waals surface area contributed by atoms with Gasteiger partial charge in [-0.05, 0) is 68.4 Å². The molecule has 42 heavy (non-hydrogen) atoms. The fourth-order valence-electron chi connectivity index (χ4n) is 6.38. The molecule has 9 heteroatoms. The van der Waals surface area contributed by atoms with Gasteiger partial charge < -0.3 is 29.9 Å². The van der Waals surface area contributed by atoms with Crippen molar-refractivity contribution in [3.05, 3.63) is 70.8 Å². The highest BCUT2D eigenvalue weighted by Crippen LogP contribution is 2.39. The Hall–Kier alpha value is -2.82. The van der Waals surface area contributed by atoms with Crippen LogP contribution >= 0.6 is 0 Å². The third-order valence-corrected chi connectivity index (χ3v) is 8.76. The highest BCUT2D eigenvalue weighted by atomic mass is 16.7. The normalized spacial score (nSPS) is 25.1. The van der Waals surface area contributed by atoms with Gasteiger partial charge in [-0.3, -0.25) is 14.5 Å². The van der Waals surface area contributed by atoms with E-state index in [9.17, 15) is 14.7 Å². The van der Waals surface area contributed by atoms with E-state index >= 15 is 0 Å². The van der Waals surface area contributed by atoms with E-state index in [0.717, 1.165) is 48.3 Å². The zero-order chi connectivity index (χ0) is 29.3. The molecule has 3 saturated heterocycles. The second-order valence-corrected chi connectivity index (χ2v) is 11.9. The summed E-state index contributed by atoms with van der Waals surface area (Å²) in [6, 6.07) is 16.5. The molecule has 3 N–H and O–H groups in total. The molecular formula is C33H45N3O6. The number of hydrogen-bond acceptors (Lipinski definition) is 7. The number of carbonyl (C=O) groups excluding carboxylic acids is 1. The van der Waals surface area contributed by atoms with Crippen LogP contribution in [0.25, 0.3) is 0 Å². The van der Waals surface area contributed by atoms with Gasteiger partial charge in [-0.1, -0.05) is 48.5 Å². The highest BCUT2D eigenvalue weighted by Gasteiger charge is 2.36. The second kappa shape index (κ2) is 15.1. The van der Waals surface area contributed by atoms with Crippen LogP contribution in [0.2, 0.25) is 0 Å². The van der Waals surface area contributed by atoms with Gasteiger partial charge in [-0.25, -0.2) is 0 Å². The van der Waals surface area contributed by atoms with E-state index in [1.54, 1.807) is 0 Å². The first-order chi connectivity index (χ1) is 20.5. The Bertz CT molecular complexity index is 1150. The summed E-state index contributed by atoms with van der Waals surface area (Å²) in [7, 11) is 0. The van der Waals surface area contributed by atoms with Crippen LogP contribution in [-0.4, -0.2) is 76.8 Å². The van der Waals surface area contributed by atoms with Crippen molar-refractivity contribution in [1.82, 2.24) is 15.1 Å². The number of aliphatic hydroxyl groups excluding tert-OH is 1. The molecule has 3 fully saturated rings. The molecule has 4 atom stereocenters. The van der Waals surface area contributed by atoms with E-state index in [1.165, 1.54) is 38.8 Å². The van der Waals surface area contributed by atoms with Crippen molar-refractivity contribution in [1.29, 1.82) is 0 Å². The van der Waals surface area contributed by atoms with Gasteiger partial charge >= 0.3 is 5.97 Å². The van der Waals surface area contributed by atoms with Crippen LogP contribution < -0.4 is 5.32 Å². The molecular weight excluding hydrogens is 534 g/mol. The minimum atomic E-state index is -0.889. The number of carboxylic acid groups (broad SMARTS) is 1. The Balaban J connectivity index is 1.23. The fourth-order valence-corrected chi connectivity index (χ4v) is 6.38. The van der Waals surface area contributed by atoms with Crippen molar-refractivity contribution in [3.63, 3.8) is 0 Å². The molecule has 0 radical (unpaired) electrons. The predicted molar refractivity (Wildman–Crippen MR) is 158 cm³/mol. The van der Waals surface area contributed by atoms with Crippen molar-refractivity contribution in [3.8, 4) is 0 Å². The van der Waals surface area contributed by atoms with Gasteiger partial charge in [0, 0.05) is 50.5 Å². The average molecular weight is 580 g/mol. The molecule has 5 rings (SSSR count). The Morgan fingerprint density at radius 3 is 2.29 bits per heavy atom. The van der Waals surface area contributed by atoms with Crippen molar-refractivity contribution >= 4 is 11.9 Å². The van der Waals surface area contributed by atoms with E-state index in [0.29, 0.717) is 19.0 Å². The summed E-state index contributed by atoms with van der Waals surface area (Å²) in [5.74, 6) is -1.04. The SMILES string of the molecule is O=C(O)CCCC(=O)NCc1ccc(C2OC(CN3CCCC3CN3CCCC3)CC(c3ccc(CO)cc3)O2)cc1. The molecule has 0 aromatic heterocycles. The molecule has 0 spiro atoms. The largest absolute Gasteiger partial charge is 0.481 e. The van der Waals surface area contributed by atoms with E-state index in [4.69, 9.17) is 14.6 Å². The second-order valence-electron chi connectivity index (χ2n) is 11.9. The number of carbonyl (C=O) groups is 2. The Morgan fingerprint density at radius 1 is 0.857 bits per heavy atom. The lowest BCUT2D eigenvalue weighted by atomic mass is 9.99. The smallest absolute Gasteiger partial charge is 0.303 e. The molecule has 228 valence electrons. The Morgan fingerprint density at radius 2 is 1.57 bits per heavy atom. The zero-order valence-corrected chi connectivity index (χ0v) is 24.5. The number of benzene rings is 2. The van der Waals surface area contributed by atoms with Gasteiger partial charge in [0.2, 0.25) is 5.91 Å². The topological polar surface area (TPSA) is 112 Å². The lowest BCUT2D eigenvalue weighted by molar-refractivity contribution is -0.253. The van der Waals surface area contributed by atoms with Crippen molar-refractivity contribution < 1.29 is 29.3 Å². The maximum Gasteiger partial charge on any atom is 0.303 e. The molecule has 0 saturated carbocycles. The molecule has 4 unspecified atom stereocenters. The van der Waals surface area contributed by atoms with E-state index < -0.39 is 12.3 Å². The minimum absolute atomic E-state index is 0.00602.